The maximum absolute atomic E-state index is 11.5. The summed E-state index contributed by atoms with van der Waals surface area (Å²) in [6, 6.07) is 0.0151. The summed E-state index contributed by atoms with van der Waals surface area (Å²) in [7, 11) is -2.24. The molecule has 4 N–H and O–H groups in total. The molecule has 0 bridgehead atoms. The van der Waals surface area contributed by atoms with E-state index in [4.69, 9.17) is 5.11 Å². The van der Waals surface area contributed by atoms with Gasteiger partial charge in [0.2, 0.25) is 0 Å². The summed E-state index contributed by atoms with van der Waals surface area (Å²) in [5.74, 6) is 0. The van der Waals surface area contributed by atoms with Crippen LogP contribution >= 0.6 is 7.60 Å². The first-order valence-electron chi connectivity index (χ1n) is 6.30. The molecule has 0 heterocycles. The zero-order valence-electron chi connectivity index (χ0n) is 11.0. The highest BCUT2D eigenvalue weighted by Gasteiger charge is 2.57. The van der Waals surface area contributed by atoms with Gasteiger partial charge in [0.05, 0.1) is 17.9 Å². The van der Waals surface area contributed by atoms with Crippen molar-refractivity contribution < 1.29 is 24.6 Å². The number of hydrogen-bond acceptors (Lipinski definition) is 4. The third-order valence-corrected chi connectivity index (χ3v) is 5.73. The van der Waals surface area contributed by atoms with Crippen LogP contribution in [0.1, 0.15) is 32.6 Å². The van der Waals surface area contributed by atoms with E-state index >= 15 is 0 Å². The van der Waals surface area contributed by atoms with Crippen molar-refractivity contribution in [2.24, 2.45) is 0 Å². The fraction of sp³-hybridized carbons (Fsp3) is 1.00. The summed E-state index contributed by atoms with van der Waals surface area (Å²) in [5.41, 5.74) is 0. The molecule has 0 aliphatic heterocycles. The summed E-state index contributed by atoms with van der Waals surface area (Å²) in [6.45, 7) is 1.97. The lowest BCUT2D eigenvalue weighted by Gasteiger charge is -2.32. The van der Waals surface area contributed by atoms with Crippen molar-refractivity contribution >= 4 is 7.60 Å². The topological polar surface area (TPSA) is 101 Å². The van der Waals surface area contributed by atoms with Gasteiger partial charge in [0.1, 0.15) is 0 Å². The molecule has 7 heteroatoms. The highest BCUT2D eigenvalue weighted by Crippen LogP contribution is 2.67. The van der Waals surface area contributed by atoms with Crippen molar-refractivity contribution in [3.05, 3.63) is 0 Å². The molecule has 1 fully saturated rings. The van der Waals surface area contributed by atoms with Gasteiger partial charge in [0.25, 0.3) is 0 Å². The van der Waals surface area contributed by atoms with Crippen molar-refractivity contribution in [3.8, 4) is 0 Å². The van der Waals surface area contributed by atoms with Crippen LogP contribution in [-0.4, -0.2) is 62.4 Å². The van der Waals surface area contributed by atoms with Crippen LogP contribution in [0.3, 0.4) is 0 Å². The monoisotopic (exact) mass is 281 g/mol. The van der Waals surface area contributed by atoms with E-state index in [0.717, 1.165) is 6.42 Å². The Morgan fingerprint density at radius 1 is 1.39 bits per heavy atom. The molecule has 18 heavy (non-hydrogen) atoms. The van der Waals surface area contributed by atoms with Crippen molar-refractivity contribution in [2.75, 3.05) is 20.2 Å². The number of rotatable bonds is 8. The molecule has 6 nitrogen and oxygen atoms in total. The number of likely N-dealkylation sites (N-methyl/N-ethyl adjacent to an activating group) is 1. The molecule has 0 saturated heterocycles. The number of nitrogens with zero attached hydrogens (tertiary/aromatic N) is 1. The zero-order valence-corrected chi connectivity index (χ0v) is 11.9. The molecule has 2 unspecified atom stereocenters. The van der Waals surface area contributed by atoms with Crippen molar-refractivity contribution in [1.29, 1.82) is 0 Å². The molecule has 2 atom stereocenters. The Morgan fingerprint density at radius 3 is 2.28 bits per heavy atom. The smallest absolute Gasteiger partial charge is 0.331 e. The third kappa shape index (κ3) is 3.76. The summed E-state index contributed by atoms with van der Waals surface area (Å²) < 4.78 is 11.5. The van der Waals surface area contributed by atoms with E-state index in [1.807, 2.05) is 18.9 Å². The first-order chi connectivity index (χ1) is 8.25. The second-order valence-electron chi connectivity index (χ2n) is 5.31. The summed E-state index contributed by atoms with van der Waals surface area (Å²) >= 11 is 0. The Hall–Kier alpha value is 0.0300. The van der Waals surface area contributed by atoms with Crippen LogP contribution in [0, 0.1) is 0 Å². The molecule has 0 spiro atoms. The van der Waals surface area contributed by atoms with Crippen molar-refractivity contribution in [2.45, 2.75) is 49.9 Å². The van der Waals surface area contributed by atoms with Gasteiger partial charge >= 0.3 is 7.60 Å². The van der Waals surface area contributed by atoms with Gasteiger partial charge in [0, 0.05) is 12.6 Å². The highest BCUT2D eigenvalue weighted by molar-refractivity contribution is 7.54. The van der Waals surface area contributed by atoms with Gasteiger partial charge in [-0.2, -0.15) is 0 Å². The van der Waals surface area contributed by atoms with Gasteiger partial charge < -0.3 is 24.9 Å². The van der Waals surface area contributed by atoms with Gasteiger partial charge in [0.15, 0.2) is 0 Å². The number of hydrogen-bond donors (Lipinski definition) is 4. The zero-order chi connectivity index (χ0) is 14.0. The second kappa shape index (κ2) is 5.99. The minimum Gasteiger partial charge on any atom is -0.394 e. The van der Waals surface area contributed by atoms with Crippen LogP contribution in [0.2, 0.25) is 0 Å². The fourth-order valence-corrected chi connectivity index (χ4v) is 3.49. The number of aliphatic hydroxyl groups is 2. The second-order valence-corrected chi connectivity index (χ2v) is 7.35. The maximum Gasteiger partial charge on any atom is 0.331 e. The molecule has 0 amide bonds. The van der Waals surface area contributed by atoms with E-state index in [-0.39, 0.29) is 12.6 Å². The average molecular weight is 281 g/mol. The molecule has 108 valence electrons. The van der Waals surface area contributed by atoms with E-state index in [1.165, 1.54) is 0 Å². The molecule has 1 aliphatic carbocycles. The lowest BCUT2D eigenvalue weighted by atomic mass is 10.1. The van der Waals surface area contributed by atoms with Crippen molar-refractivity contribution in [1.82, 2.24) is 4.90 Å². The first kappa shape index (κ1) is 16.1. The summed E-state index contributed by atoms with van der Waals surface area (Å²) in [6.07, 6.45) is 1.54. The summed E-state index contributed by atoms with van der Waals surface area (Å²) in [5, 5.41) is 17.4. The maximum atomic E-state index is 11.5. The van der Waals surface area contributed by atoms with Crippen LogP contribution < -0.4 is 0 Å². The minimum atomic E-state index is -4.04. The molecule has 0 aromatic rings. The lowest BCUT2D eigenvalue weighted by Crippen LogP contribution is -2.40. The minimum absolute atomic E-state index is 0.0151. The quantitative estimate of drug-likeness (QED) is 0.472. The van der Waals surface area contributed by atoms with Crippen molar-refractivity contribution in [3.63, 3.8) is 0 Å². The van der Waals surface area contributed by atoms with Gasteiger partial charge in [-0.15, -0.1) is 0 Å². The standard InChI is InChI=1S/C11H24NO5P/c1-3-9(12(2)7-10(14)8-13)6-11(4-5-11)18(15,16)17/h9-10,13-14H,3-8H2,1-2H3,(H2,15,16,17). The highest BCUT2D eigenvalue weighted by atomic mass is 31.2. The van der Waals surface area contributed by atoms with Gasteiger partial charge in [-0.3, -0.25) is 4.57 Å². The third-order valence-electron chi connectivity index (χ3n) is 3.86. The Kier molecular flexibility index (Phi) is 5.35. The van der Waals surface area contributed by atoms with E-state index in [9.17, 15) is 19.5 Å². The molecule has 1 saturated carbocycles. The molecule has 0 radical (unpaired) electrons. The Labute approximate surface area is 108 Å². The fourth-order valence-electron chi connectivity index (χ4n) is 2.35. The van der Waals surface area contributed by atoms with Crippen LogP contribution in [0.25, 0.3) is 0 Å². The van der Waals surface area contributed by atoms with Crippen LogP contribution in [-0.2, 0) is 4.57 Å². The lowest BCUT2D eigenvalue weighted by molar-refractivity contribution is 0.0516. The van der Waals surface area contributed by atoms with Gasteiger partial charge in [-0.25, -0.2) is 0 Å². The SMILES string of the molecule is CCC(CC1(P(=O)(O)O)CC1)N(C)CC(O)CO. The summed E-state index contributed by atoms with van der Waals surface area (Å²) in [4.78, 5) is 20.6. The Bertz CT molecular complexity index is 315. The predicted octanol–water partition coefficient (Wildman–Crippen LogP) is 0.150. The van der Waals surface area contributed by atoms with E-state index in [1.54, 1.807) is 0 Å². The Morgan fingerprint density at radius 2 is 1.94 bits per heavy atom. The van der Waals surface area contributed by atoms with Gasteiger partial charge in [-0.1, -0.05) is 6.92 Å². The molecular formula is C11H24NO5P. The van der Waals surface area contributed by atoms with E-state index in [0.29, 0.717) is 25.8 Å². The normalized spacial score (nSPS) is 21.9. The van der Waals surface area contributed by atoms with Gasteiger partial charge in [-0.05, 0) is 32.7 Å². The molecular weight excluding hydrogens is 257 g/mol. The van der Waals surface area contributed by atoms with Crippen LogP contribution in [0.4, 0.5) is 0 Å². The first-order valence-corrected chi connectivity index (χ1v) is 7.92. The number of aliphatic hydroxyl groups excluding tert-OH is 2. The predicted molar refractivity (Wildman–Crippen MR) is 68.4 cm³/mol. The van der Waals surface area contributed by atoms with E-state index in [2.05, 4.69) is 0 Å². The van der Waals surface area contributed by atoms with Crippen LogP contribution in [0.5, 0.6) is 0 Å². The molecule has 0 aromatic carbocycles. The van der Waals surface area contributed by atoms with E-state index < -0.39 is 18.9 Å². The molecule has 1 aliphatic rings. The molecule has 0 aromatic heterocycles. The Balaban J connectivity index is 2.60. The van der Waals surface area contributed by atoms with Crippen LogP contribution in [0.15, 0.2) is 0 Å². The average Bonchev–Trinajstić information content (AvgIpc) is 3.05. The molecule has 1 rings (SSSR count). The largest absolute Gasteiger partial charge is 0.394 e.